The molecular weight excluding hydrogens is 376 g/mol. The second-order valence-electron chi connectivity index (χ2n) is 7.07. The zero-order valence-corrected chi connectivity index (χ0v) is 15.8. The number of aromatic nitrogens is 7. The fraction of sp³-hybridized carbons (Fsp3) is 0.389. The maximum Gasteiger partial charge on any atom is 0.280 e. The second kappa shape index (κ2) is 6.85. The van der Waals surface area contributed by atoms with Gasteiger partial charge in [0.15, 0.2) is 11.2 Å². The van der Waals surface area contributed by atoms with Crippen LogP contribution in [0.3, 0.4) is 0 Å². The number of aromatic amines is 1. The third-order valence-electron chi connectivity index (χ3n) is 4.90. The maximum absolute atomic E-state index is 12.9. The molecule has 4 aromatic heterocycles. The van der Waals surface area contributed by atoms with E-state index in [1.807, 2.05) is 6.92 Å². The molecule has 150 valence electrons. The minimum atomic E-state index is -0.159. The number of carbonyl (C=O) groups is 1. The van der Waals surface area contributed by atoms with E-state index >= 15 is 0 Å². The quantitative estimate of drug-likeness (QED) is 0.478. The fourth-order valence-electron chi connectivity index (χ4n) is 3.45. The number of aryl methyl sites for hydroxylation is 1. The molecule has 5 rings (SSSR count). The van der Waals surface area contributed by atoms with Crippen molar-refractivity contribution in [2.45, 2.75) is 32.5 Å². The standard InChI is InChI=1S/C18H20N8O3/c1-2-4-26-17(28)14-16(25-5-3-19-18(25)26)23-15(22-14)11-6-20-24(7-11)8-13(27)21-12-9-29-10-12/h3,5-7,12H,2,4,8-10H2,1H3,(H,21,27)(H,22,23). The summed E-state index contributed by atoms with van der Waals surface area (Å²) in [6, 6.07) is 0.0794. The van der Waals surface area contributed by atoms with E-state index in [9.17, 15) is 9.59 Å². The lowest BCUT2D eigenvalue weighted by Gasteiger charge is -2.26. The van der Waals surface area contributed by atoms with Gasteiger partial charge in [0.1, 0.15) is 12.4 Å². The van der Waals surface area contributed by atoms with Gasteiger partial charge in [-0.2, -0.15) is 5.10 Å². The summed E-state index contributed by atoms with van der Waals surface area (Å²) >= 11 is 0. The van der Waals surface area contributed by atoms with Crippen molar-refractivity contribution in [3.63, 3.8) is 0 Å². The number of imidazole rings is 2. The normalized spacial score (nSPS) is 14.5. The van der Waals surface area contributed by atoms with Gasteiger partial charge in [0.2, 0.25) is 11.7 Å². The van der Waals surface area contributed by atoms with Gasteiger partial charge >= 0.3 is 0 Å². The van der Waals surface area contributed by atoms with E-state index in [0.29, 0.717) is 48.1 Å². The van der Waals surface area contributed by atoms with Crippen molar-refractivity contribution >= 4 is 22.8 Å². The average Bonchev–Trinajstić information content (AvgIpc) is 3.39. The highest BCUT2D eigenvalue weighted by atomic mass is 16.5. The number of fused-ring (bicyclic) bond motifs is 3. The van der Waals surface area contributed by atoms with Gasteiger partial charge < -0.3 is 15.0 Å². The molecule has 4 aromatic rings. The molecule has 0 bridgehead atoms. The number of nitrogens with zero attached hydrogens (tertiary/aromatic N) is 6. The van der Waals surface area contributed by atoms with E-state index < -0.39 is 0 Å². The SMILES string of the molecule is CCCn1c(=O)c2[nH]c(-c3cnn(CC(=O)NC4COC4)c3)nc2n2ccnc12. The van der Waals surface area contributed by atoms with Crippen LogP contribution in [0.2, 0.25) is 0 Å². The van der Waals surface area contributed by atoms with Crippen molar-refractivity contribution < 1.29 is 9.53 Å². The molecule has 0 aromatic carbocycles. The maximum atomic E-state index is 12.9. The largest absolute Gasteiger partial charge is 0.377 e. The molecule has 0 aliphatic carbocycles. The van der Waals surface area contributed by atoms with Crippen LogP contribution in [0.1, 0.15) is 13.3 Å². The van der Waals surface area contributed by atoms with Crippen LogP contribution < -0.4 is 10.9 Å². The predicted octanol–water partition coefficient (Wildman–Crippen LogP) is 0.161. The summed E-state index contributed by atoms with van der Waals surface area (Å²) in [6.45, 7) is 3.78. The van der Waals surface area contributed by atoms with Crippen LogP contribution in [0.15, 0.2) is 29.6 Å². The van der Waals surface area contributed by atoms with E-state index in [1.54, 1.807) is 38.4 Å². The van der Waals surface area contributed by atoms with Crippen LogP contribution in [-0.4, -0.2) is 58.9 Å². The van der Waals surface area contributed by atoms with Gasteiger partial charge in [-0.25, -0.2) is 9.97 Å². The zero-order valence-electron chi connectivity index (χ0n) is 15.8. The Morgan fingerprint density at radius 2 is 2.28 bits per heavy atom. The molecule has 1 aliphatic heterocycles. The molecule has 1 amide bonds. The first-order valence-electron chi connectivity index (χ1n) is 9.49. The monoisotopic (exact) mass is 396 g/mol. The summed E-state index contributed by atoms with van der Waals surface area (Å²) in [4.78, 5) is 37.0. The number of carbonyl (C=O) groups excluding carboxylic acids is 1. The van der Waals surface area contributed by atoms with Crippen molar-refractivity contribution in [1.29, 1.82) is 0 Å². The number of hydrogen-bond donors (Lipinski definition) is 2. The first kappa shape index (κ1) is 17.6. The van der Waals surface area contributed by atoms with E-state index in [1.165, 1.54) is 0 Å². The smallest absolute Gasteiger partial charge is 0.280 e. The molecule has 11 heteroatoms. The fourth-order valence-corrected chi connectivity index (χ4v) is 3.45. The Labute approximate surface area is 164 Å². The molecule has 5 heterocycles. The summed E-state index contributed by atoms with van der Waals surface area (Å²) in [5, 5.41) is 7.11. The number of nitrogens with one attached hydrogen (secondary N) is 2. The minimum Gasteiger partial charge on any atom is -0.377 e. The lowest BCUT2D eigenvalue weighted by Crippen LogP contribution is -2.49. The Balaban J connectivity index is 1.48. The summed E-state index contributed by atoms with van der Waals surface area (Å²) < 4.78 is 10.0. The molecule has 1 saturated heterocycles. The Morgan fingerprint density at radius 3 is 3.03 bits per heavy atom. The van der Waals surface area contributed by atoms with Crippen molar-refractivity contribution in [2.24, 2.45) is 0 Å². The van der Waals surface area contributed by atoms with E-state index in [-0.39, 0.29) is 24.1 Å². The third-order valence-corrected chi connectivity index (χ3v) is 4.90. The summed E-state index contributed by atoms with van der Waals surface area (Å²) in [6.07, 6.45) is 7.60. The highest BCUT2D eigenvalue weighted by molar-refractivity contribution is 5.78. The lowest BCUT2D eigenvalue weighted by atomic mass is 10.2. The first-order valence-corrected chi connectivity index (χ1v) is 9.49. The number of hydrogen-bond acceptors (Lipinski definition) is 6. The molecular formula is C18H20N8O3. The molecule has 1 aliphatic rings. The van der Waals surface area contributed by atoms with Crippen LogP contribution in [0.5, 0.6) is 0 Å². The molecule has 0 saturated carbocycles. The van der Waals surface area contributed by atoms with Crippen molar-refractivity contribution in [1.82, 2.24) is 39.0 Å². The average molecular weight is 396 g/mol. The van der Waals surface area contributed by atoms with Gasteiger partial charge in [-0.15, -0.1) is 0 Å². The van der Waals surface area contributed by atoms with Gasteiger partial charge in [-0.05, 0) is 6.42 Å². The molecule has 0 radical (unpaired) electrons. The van der Waals surface area contributed by atoms with E-state index in [4.69, 9.17) is 4.74 Å². The molecule has 1 fully saturated rings. The van der Waals surface area contributed by atoms with Crippen molar-refractivity contribution in [3.8, 4) is 11.4 Å². The van der Waals surface area contributed by atoms with Crippen LogP contribution in [0, 0.1) is 0 Å². The summed E-state index contributed by atoms with van der Waals surface area (Å²) in [5.41, 5.74) is 1.46. The van der Waals surface area contributed by atoms with Crippen LogP contribution >= 0.6 is 0 Å². The number of H-pyrrole nitrogens is 1. The minimum absolute atomic E-state index is 0.0794. The Hall–Kier alpha value is -3.47. The van der Waals surface area contributed by atoms with Gasteiger partial charge in [0.05, 0.1) is 31.0 Å². The number of amides is 1. The Morgan fingerprint density at radius 1 is 1.41 bits per heavy atom. The van der Waals surface area contributed by atoms with E-state index in [0.717, 1.165) is 6.42 Å². The van der Waals surface area contributed by atoms with Crippen LogP contribution in [0.25, 0.3) is 28.3 Å². The van der Waals surface area contributed by atoms with Crippen LogP contribution in [0.4, 0.5) is 0 Å². The van der Waals surface area contributed by atoms with E-state index in [2.05, 4.69) is 25.4 Å². The van der Waals surface area contributed by atoms with Crippen LogP contribution in [-0.2, 0) is 22.6 Å². The van der Waals surface area contributed by atoms with Crippen molar-refractivity contribution in [2.75, 3.05) is 13.2 Å². The Bertz CT molecular complexity index is 1260. The Kier molecular flexibility index (Phi) is 4.16. The number of rotatable bonds is 6. The van der Waals surface area contributed by atoms with Gasteiger partial charge in [-0.1, -0.05) is 6.92 Å². The summed E-state index contributed by atoms with van der Waals surface area (Å²) in [7, 11) is 0. The van der Waals surface area contributed by atoms with Crippen molar-refractivity contribution in [3.05, 3.63) is 35.1 Å². The van der Waals surface area contributed by atoms with Gasteiger partial charge in [0, 0.05) is 25.1 Å². The molecule has 2 N–H and O–H groups in total. The molecule has 0 spiro atoms. The molecule has 11 nitrogen and oxygen atoms in total. The number of ether oxygens (including phenoxy) is 1. The third kappa shape index (κ3) is 2.99. The molecule has 0 atom stereocenters. The lowest BCUT2D eigenvalue weighted by molar-refractivity contribution is -0.126. The van der Waals surface area contributed by atoms with Gasteiger partial charge in [-0.3, -0.25) is 23.2 Å². The zero-order chi connectivity index (χ0) is 20.0. The molecule has 0 unspecified atom stereocenters. The second-order valence-corrected chi connectivity index (χ2v) is 7.07. The first-order chi connectivity index (χ1) is 14.1. The summed E-state index contributed by atoms with van der Waals surface area (Å²) in [5.74, 6) is 0.954. The predicted molar refractivity (Wildman–Crippen MR) is 103 cm³/mol. The highest BCUT2D eigenvalue weighted by Crippen LogP contribution is 2.19. The highest BCUT2D eigenvalue weighted by Gasteiger charge is 2.21. The topological polar surface area (TPSA) is 124 Å². The van der Waals surface area contributed by atoms with Gasteiger partial charge in [0.25, 0.3) is 5.56 Å². The molecule has 29 heavy (non-hydrogen) atoms.